The molecule has 5 nitrogen and oxygen atoms in total. The van der Waals surface area contributed by atoms with E-state index in [1.165, 1.54) is 12.1 Å². The molecule has 1 rings (SSSR count). The second-order valence-electron chi connectivity index (χ2n) is 6.27. The van der Waals surface area contributed by atoms with Gasteiger partial charge in [-0.15, -0.1) is 11.6 Å². The van der Waals surface area contributed by atoms with Crippen LogP contribution < -0.4 is 0 Å². The maximum atomic E-state index is 12.8. The van der Waals surface area contributed by atoms with Crippen LogP contribution in [0.4, 0.5) is 4.79 Å². The first-order chi connectivity index (χ1) is 10.6. The van der Waals surface area contributed by atoms with Crippen LogP contribution in [0.2, 0.25) is 0 Å². The number of aryl methyl sites for hydroxylation is 1. The molecule has 1 aromatic carbocycles. The van der Waals surface area contributed by atoms with Gasteiger partial charge in [0.05, 0.1) is 4.90 Å². The Bertz CT molecular complexity index is 620. The second kappa shape index (κ2) is 8.02. The number of halogens is 1. The summed E-state index contributed by atoms with van der Waals surface area (Å²) in [4.78, 5) is 12.4. The molecule has 0 unspecified atom stereocenters. The van der Waals surface area contributed by atoms with Crippen molar-refractivity contribution in [1.29, 1.82) is 0 Å². The van der Waals surface area contributed by atoms with Crippen molar-refractivity contribution in [1.82, 2.24) is 4.31 Å². The fraction of sp³-hybridized carbons (Fsp3) is 0.562. The van der Waals surface area contributed by atoms with E-state index in [9.17, 15) is 13.2 Å². The van der Waals surface area contributed by atoms with E-state index in [1.807, 2.05) is 6.92 Å². The third-order valence-corrected chi connectivity index (χ3v) is 5.00. The molecule has 0 aliphatic rings. The highest BCUT2D eigenvalue weighted by Gasteiger charge is 2.32. The van der Waals surface area contributed by atoms with Crippen LogP contribution in [0.5, 0.6) is 0 Å². The third kappa shape index (κ3) is 6.03. The molecule has 0 atom stereocenters. The van der Waals surface area contributed by atoms with Crippen LogP contribution in [0.1, 0.15) is 39.2 Å². The van der Waals surface area contributed by atoms with Crippen LogP contribution in [0.3, 0.4) is 0 Å². The Hall–Kier alpha value is -1.27. The maximum Gasteiger partial charge on any atom is 0.424 e. The number of carbonyl (C=O) groups excluding carboxylic acids is 1. The van der Waals surface area contributed by atoms with E-state index in [-0.39, 0.29) is 11.4 Å². The van der Waals surface area contributed by atoms with Crippen LogP contribution in [0, 0.1) is 6.92 Å². The average molecular weight is 362 g/mol. The average Bonchev–Trinajstić information content (AvgIpc) is 2.41. The van der Waals surface area contributed by atoms with E-state index in [2.05, 4.69) is 0 Å². The molecule has 0 fully saturated rings. The molecule has 1 amide bonds. The Labute approximate surface area is 143 Å². The largest absolute Gasteiger partial charge is 0.443 e. The van der Waals surface area contributed by atoms with Crippen molar-refractivity contribution in [2.45, 2.75) is 51.0 Å². The van der Waals surface area contributed by atoms with E-state index in [1.54, 1.807) is 32.9 Å². The molecule has 0 aliphatic carbocycles. The van der Waals surface area contributed by atoms with E-state index in [4.69, 9.17) is 16.3 Å². The first-order valence-electron chi connectivity index (χ1n) is 7.46. The summed E-state index contributed by atoms with van der Waals surface area (Å²) in [6, 6.07) is 6.37. The number of ether oxygens (including phenoxy) is 1. The smallest absolute Gasteiger partial charge is 0.424 e. The lowest BCUT2D eigenvalue weighted by atomic mass is 10.2. The summed E-state index contributed by atoms with van der Waals surface area (Å²) < 4.78 is 31.5. The predicted molar refractivity (Wildman–Crippen MR) is 91.3 cm³/mol. The number of sulfonamides is 1. The Balaban J connectivity index is 3.10. The van der Waals surface area contributed by atoms with Gasteiger partial charge in [0.2, 0.25) is 0 Å². The molecular formula is C16H24ClNO4S. The Morgan fingerprint density at radius 1 is 1.17 bits per heavy atom. The first kappa shape index (κ1) is 19.8. The monoisotopic (exact) mass is 361 g/mol. The molecule has 0 aliphatic heterocycles. The molecular weight excluding hydrogens is 338 g/mol. The summed E-state index contributed by atoms with van der Waals surface area (Å²) in [6.45, 7) is 6.99. The predicted octanol–water partition coefficient (Wildman–Crippen LogP) is 3.94. The fourth-order valence-corrected chi connectivity index (χ4v) is 3.34. The van der Waals surface area contributed by atoms with Crippen LogP contribution in [0.25, 0.3) is 0 Å². The topological polar surface area (TPSA) is 63.7 Å². The molecule has 0 N–H and O–H groups in total. The number of unbranched alkanes of at least 4 members (excludes halogenated alkanes) is 1. The van der Waals surface area contributed by atoms with Gasteiger partial charge in [-0.05, 0) is 52.7 Å². The minimum Gasteiger partial charge on any atom is -0.443 e. The minimum atomic E-state index is -3.95. The van der Waals surface area contributed by atoms with Gasteiger partial charge < -0.3 is 4.74 Å². The summed E-state index contributed by atoms with van der Waals surface area (Å²) in [7, 11) is -3.95. The van der Waals surface area contributed by atoms with E-state index in [0.29, 0.717) is 18.7 Å². The molecule has 0 spiro atoms. The van der Waals surface area contributed by atoms with E-state index in [0.717, 1.165) is 9.87 Å². The quantitative estimate of drug-likeness (QED) is 0.568. The first-order valence-corrected chi connectivity index (χ1v) is 9.44. The van der Waals surface area contributed by atoms with Crippen molar-refractivity contribution in [3.8, 4) is 0 Å². The van der Waals surface area contributed by atoms with Crippen LogP contribution >= 0.6 is 11.6 Å². The molecule has 0 saturated carbocycles. The summed E-state index contributed by atoms with van der Waals surface area (Å²) in [5, 5.41) is 0. The summed E-state index contributed by atoms with van der Waals surface area (Å²) >= 11 is 5.64. The lowest BCUT2D eigenvalue weighted by molar-refractivity contribution is 0.0389. The number of rotatable bonds is 6. The highest BCUT2D eigenvalue weighted by Crippen LogP contribution is 2.20. The van der Waals surface area contributed by atoms with Gasteiger partial charge in [0.25, 0.3) is 10.0 Å². The molecule has 0 bridgehead atoms. The number of carbonyl (C=O) groups is 1. The van der Waals surface area contributed by atoms with Crippen molar-refractivity contribution in [2.24, 2.45) is 0 Å². The van der Waals surface area contributed by atoms with Gasteiger partial charge in [0.15, 0.2) is 0 Å². The highest BCUT2D eigenvalue weighted by molar-refractivity contribution is 7.89. The number of hydrogen-bond donors (Lipinski definition) is 0. The normalized spacial score (nSPS) is 12.0. The van der Waals surface area contributed by atoms with E-state index < -0.39 is 21.7 Å². The summed E-state index contributed by atoms with van der Waals surface area (Å²) in [5.41, 5.74) is 0.167. The van der Waals surface area contributed by atoms with Crippen LogP contribution in [-0.4, -0.2) is 36.8 Å². The molecule has 130 valence electrons. The molecule has 0 saturated heterocycles. The molecule has 1 aromatic rings. The minimum absolute atomic E-state index is 0.0395. The van der Waals surface area contributed by atoms with Crippen LogP contribution in [0.15, 0.2) is 29.2 Å². The van der Waals surface area contributed by atoms with Crippen molar-refractivity contribution in [3.05, 3.63) is 29.8 Å². The molecule has 0 radical (unpaired) electrons. The van der Waals surface area contributed by atoms with Crippen molar-refractivity contribution >= 4 is 27.7 Å². The zero-order valence-corrected chi connectivity index (χ0v) is 15.6. The Morgan fingerprint density at radius 3 is 2.22 bits per heavy atom. The third-order valence-electron chi connectivity index (χ3n) is 2.95. The molecule has 0 aromatic heterocycles. The molecule has 0 heterocycles. The summed E-state index contributed by atoms with van der Waals surface area (Å²) in [5.74, 6) is 0.409. The summed E-state index contributed by atoms with van der Waals surface area (Å²) in [6.07, 6.45) is 0.227. The van der Waals surface area contributed by atoms with Gasteiger partial charge in [0, 0.05) is 12.4 Å². The highest BCUT2D eigenvalue weighted by atomic mass is 35.5. The lowest BCUT2D eigenvalue weighted by Gasteiger charge is -2.27. The molecule has 23 heavy (non-hydrogen) atoms. The number of nitrogens with zero attached hydrogens (tertiary/aromatic N) is 1. The van der Waals surface area contributed by atoms with Crippen molar-refractivity contribution < 1.29 is 17.9 Å². The number of benzene rings is 1. The number of hydrogen-bond acceptors (Lipinski definition) is 4. The maximum absolute atomic E-state index is 12.8. The van der Waals surface area contributed by atoms with Gasteiger partial charge in [-0.2, -0.15) is 0 Å². The van der Waals surface area contributed by atoms with Gasteiger partial charge >= 0.3 is 6.09 Å². The molecule has 7 heteroatoms. The second-order valence-corrected chi connectivity index (χ2v) is 8.51. The zero-order chi connectivity index (χ0) is 17.7. The van der Waals surface area contributed by atoms with Gasteiger partial charge in [-0.25, -0.2) is 17.5 Å². The van der Waals surface area contributed by atoms with Gasteiger partial charge in [-0.1, -0.05) is 17.7 Å². The van der Waals surface area contributed by atoms with Crippen molar-refractivity contribution in [2.75, 3.05) is 12.4 Å². The number of amides is 1. The van der Waals surface area contributed by atoms with Gasteiger partial charge in [-0.3, -0.25) is 0 Å². The van der Waals surface area contributed by atoms with Crippen LogP contribution in [-0.2, 0) is 14.8 Å². The lowest BCUT2D eigenvalue weighted by Crippen LogP contribution is -2.41. The Kier molecular flexibility index (Phi) is 6.89. The van der Waals surface area contributed by atoms with Crippen molar-refractivity contribution in [3.63, 3.8) is 0 Å². The fourth-order valence-electron chi connectivity index (χ4n) is 1.81. The number of alkyl halides is 1. The van der Waals surface area contributed by atoms with Gasteiger partial charge in [0.1, 0.15) is 5.60 Å². The SMILES string of the molecule is Cc1ccc(S(=O)(=O)N(CCCCCl)C(=O)OC(C)(C)C)cc1. The Morgan fingerprint density at radius 2 is 1.74 bits per heavy atom. The zero-order valence-electron chi connectivity index (χ0n) is 14.0. The standard InChI is InChI=1S/C16H24ClNO4S/c1-13-7-9-14(10-8-13)23(20,21)18(12-6-5-11-17)15(19)22-16(2,3)4/h7-10H,5-6,11-12H2,1-4H3. The van der Waals surface area contributed by atoms with E-state index >= 15 is 0 Å².